The van der Waals surface area contributed by atoms with Crippen molar-refractivity contribution in [2.45, 2.75) is 37.0 Å². The van der Waals surface area contributed by atoms with Crippen LogP contribution in [-0.2, 0) is 0 Å². The van der Waals surface area contributed by atoms with Gasteiger partial charge in [-0.3, -0.25) is 10.1 Å². The summed E-state index contributed by atoms with van der Waals surface area (Å²) in [5, 5.41) is 20.0. The fourth-order valence-electron chi connectivity index (χ4n) is 1.18. The minimum Gasteiger partial charge on any atom is -0.392 e. The van der Waals surface area contributed by atoms with Crippen LogP contribution in [0.25, 0.3) is 0 Å². The Labute approximate surface area is 98.8 Å². The van der Waals surface area contributed by atoms with Crippen LogP contribution in [0.5, 0.6) is 0 Å². The number of nitrogens with zero attached hydrogens (tertiary/aromatic N) is 1. The summed E-state index contributed by atoms with van der Waals surface area (Å²) in [5.41, 5.74) is 0.971. The van der Waals surface area contributed by atoms with E-state index in [2.05, 4.69) is 0 Å². The number of non-ortho nitro benzene ring substituents is 1. The molecule has 0 radical (unpaired) electrons. The van der Waals surface area contributed by atoms with Crippen molar-refractivity contribution in [1.29, 1.82) is 0 Å². The summed E-state index contributed by atoms with van der Waals surface area (Å²) in [5.74, 6) is 0. The van der Waals surface area contributed by atoms with Crippen LogP contribution in [0.15, 0.2) is 23.1 Å². The molecule has 16 heavy (non-hydrogen) atoms. The first-order valence-corrected chi connectivity index (χ1v) is 5.89. The topological polar surface area (TPSA) is 63.4 Å². The largest absolute Gasteiger partial charge is 0.392 e. The van der Waals surface area contributed by atoms with Crippen molar-refractivity contribution in [3.05, 3.63) is 33.9 Å². The molecule has 0 aliphatic carbocycles. The molecular weight excluding hydrogens is 226 g/mol. The molecule has 1 N–H and O–H groups in total. The van der Waals surface area contributed by atoms with E-state index in [-0.39, 0.29) is 10.9 Å². The smallest absolute Gasteiger partial charge is 0.269 e. The molecule has 1 aromatic carbocycles. The molecule has 0 spiro atoms. The predicted molar refractivity (Wildman–Crippen MR) is 64.8 cm³/mol. The molecule has 0 amide bonds. The van der Waals surface area contributed by atoms with E-state index >= 15 is 0 Å². The van der Waals surface area contributed by atoms with Crippen LogP contribution in [0.1, 0.15) is 19.4 Å². The Morgan fingerprint density at radius 3 is 2.50 bits per heavy atom. The van der Waals surface area contributed by atoms with Crippen molar-refractivity contribution < 1.29 is 10.0 Å². The van der Waals surface area contributed by atoms with Gasteiger partial charge >= 0.3 is 0 Å². The molecule has 0 aliphatic rings. The van der Waals surface area contributed by atoms with Gasteiger partial charge in [-0.15, -0.1) is 11.8 Å². The molecule has 5 heteroatoms. The maximum atomic E-state index is 10.6. The van der Waals surface area contributed by atoms with E-state index in [4.69, 9.17) is 0 Å². The van der Waals surface area contributed by atoms with Gasteiger partial charge in [-0.05, 0) is 25.5 Å². The number of hydrogen-bond acceptors (Lipinski definition) is 4. The van der Waals surface area contributed by atoms with Crippen LogP contribution in [0.3, 0.4) is 0 Å². The van der Waals surface area contributed by atoms with Gasteiger partial charge in [0, 0.05) is 22.3 Å². The standard InChI is InChI=1S/C11H15NO3S/c1-7-6-10(12(14)15)4-5-11(7)16-9(3)8(2)13/h4-6,8-9,13H,1-3H3. The first-order chi connectivity index (χ1) is 7.41. The minimum absolute atomic E-state index is 0.0696. The number of thioether (sulfide) groups is 1. The molecule has 0 fully saturated rings. The Bertz CT molecular complexity index is 393. The number of nitro benzene ring substituents is 1. The molecule has 0 saturated heterocycles. The van der Waals surface area contributed by atoms with Gasteiger partial charge in [-0.25, -0.2) is 0 Å². The summed E-state index contributed by atoms with van der Waals surface area (Å²) in [6.45, 7) is 5.50. The quantitative estimate of drug-likeness (QED) is 0.500. The van der Waals surface area contributed by atoms with Crippen molar-refractivity contribution in [1.82, 2.24) is 0 Å². The highest BCUT2D eigenvalue weighted by Gasteiger charge is 2.14. The van der Waals surface area contributed by atoms with Crippen molar-refractivity contribution in [2.75, 3.05) is 0 Å². The third kappa shape index (κ3) is 3.21. The Hall–Kier alpha value is -1.07. The van der Waals surface area contributed by atoms with E-state index in [0.717, 1.165) is 10.5 Å². The average molecular weight is 241 g/mol. The fraction of sp³-hybridized carbons (Fsp3) is 0.455. The van der Waals surface area contributed by atoms with Crippen molar-refractivity contribution in [3.8, 4) is 0 Å². The number of aryl methyl sites for hydroxylation is 1. The molecule has 0 saturated carbocycles. The highest BCUT2D eigenvalue weighted by molar-refractivity contribution is 8.00. The van der Waals surface area contributed by atoms with Crippen molar-refractivity contribution >= 4 is 17.4 Å². The van der Waals surface area contributed by atoms with E-state index in [1.807, 2.05) is 13.8 Å². The SMILES string of the molecule is Cc1cc([N+](=O)[O-])ccc1SC(C)C(C)O. The van der Waals surface area contributed by atoms with Gasteiger partial charge in [0.15, 0.2) is 0 Å². The van der Waals surface area contributed by atoms with Crippen molar-refractivity contribution in [3.63, 3.8) is 0 Å². The third-order valence-electron chi connectivity index (χ3n) is 2.36. The van der Waals surface area contributed by atoms with E-state index in [9.17, 15) is 15.2 Å². The fourth-order valence-corrected chi connectivity index (χ4v) is 2.17. The zero-order chi connectivity index (χ0) is 12.3. The molecule has 0 aromatic heterocycles. The lowest BCUT2D eigenvalue weighted by Gasteiger charge is -2.15. The number of aliphatic hydroxyl groups is 1. The maximum Gasteiger partial charge on any atom is 0.269 e. The molecule has 2 unspecified atom stereocenters. The first kappa shape index (κ1) is 13.0. The number of aliphatic hydroxyl groups excluding tert-OH is 1. The maximum absolute atomic E-state index is 10.6. The van der Waals surface area contributed by atoms with E-state index in [1.165, 1.54) is 17.8 Å². The average Bonchev–Trinajstić information content (AvgIpc) is 2.20. The second kappa shape index (κ2) is 5.32. The lowest BCUT2D eigenvalue weighted by Crippen LogP contribution is -2.15. The van der Waals surface area contributed by atoms with Crippen LogP contribution < -0.4 is 0 Å². The van der Waals surface area contributed by atoms with Crippen LogP contribution in [-0.4, -0.2) is 21.4 Å². The summed E-state index contributed by atoms with van der Waals surface area (Å²) in [4.78, 5) is 11.1. The van der Waals surface area contributed by atoms with Crippen LogP contribution in [0, 0.1) is 17.0 Å². The van der Waals surface area contributed by atoms with E-state index in [1.54, 1.807) is 19.1 Å². The molecule has 1 aromatic rings. The molecule has 1 rings (SSSR count). The molecule has 2 atom stereocenters. The Kier molecular flexibility index (Phi) is 4.32. The van der Waals surface area contributed by atoms with Gasteiger partial charge < -0.3 is 5.11 Å². The molecule has 0 heterocycles. The zero-order valence-electron chi connectivity index (χ0n) is 9.51. The summed E-state index contributed by atoms with van der Waals surface area (Å²) in [6, 6.07) is 4.78. The van der Waals surface area contributed by atoms with E-state index < -0.39 is 11.0 Å². The van der Waals surface area contributed by atoms with Crippen molar-refractivity contribution in [2.24, 2.45) is 0 Å². The Balaban J connectivity index is 2.87. The molecule has 0 bridgehead atoms. The van der Waals surface area contributed by atoms with Gasteiger partial charge in [0.1, 0.15) is 0 Å². The minimum atomic E-state index is -0.403. The van der Waals surface area contributed by atoms with Gasteiger partial charge in [0.25, 0.3) is 5.69 Å². The van der Waals surface area contributed by atoms with Gasteiger partial charge in [0.2, 0.25) is 0 Å². The van der Waals surface area contributed by atoms with Gasteiger partial charge in [-0.2, -0.15) is 0 Å². The zero-order valence-corrected chi connectivity index (χ0v) is 10.3. The monoisotopic (exact) mass is 241 g/mol. The molecular formula is C11H15NO3S. The summed E-state index contributed by atoms with van der Waals surface area (Å²) >= 11 is 1.53. The second-order valence-electron chi connectivity index (χ2n) is 3.77. The highest BCUT2D eigenvalue weighted by Crippen LogP contribution is 2.30. The third-order valence-corrected chi connectivity index (χ3v) is 3.84. The van der Waals surface area contributed by atoms with Crippen LogP contribution in [0.4, 0.5) is 5.69 Å². The van der Waals surface area contributed by atoms with Gasteiger partial charge in [0.05, 0.1) is 11.0 Å². The normalized spacial score (nSPS) is 14.5. The van der Waals surface area contributed by atoms with Gasteiger partial charge in [-0.1, -0.05) is 6.92 Å². The number of rotatable bonds is 4. The van der Waals surface area contributed by atoms with E-state index in [0.29, 0.717) is 0 Å². The number of benzene rings is 1. The van der Waals surface area contributed by atoms with Crippen LogP contribution in [0.2, 0.25) is 0 Å². The summed E-state index contributed by atoms with van der Waals surface area (Å²) in [7, 11) is 0. The second-order valence-corrected chi connectivity index (χ2v) is 5.19. The Morgan fingerprint density at radius 1 is 1.44 bits per heavy atom. The molecule has 88 valence electrons. The lowest BCUT2D eigenvalue weighted by atomic mass is 10.2. The highest BCUT2D eigenvalue weighted by atomic mass is 32.2. The summed E-state index contributed by atoms with van der Waals surface area (Å²) < 4.78 is 0. The lowest BCUT2D eigenvalue weighted by molar-refractivity contribution is -0.385. The van der Waals surface area contributed by atoms with Crippen LogP contribution >= 0.6 is 11.8 Å². The molecule has 0 aliphatic heterocycles. The molecule has 4 nitrogen and oxygen atoms in total. The predicted octanol–water partition coefficient (Wildman–Crippen LogP) is 2.76. The number of hydrogen-bond donors (Lipinski definition) is 1. The Morgan fingerprint density at radius 2 is 2.06 bits per heavy atom. The number of nitro groups is 1. The first-order valence-electron chi connectivity index (χ1n) is 5.01. The summed E-state index contributed by atoms with van der Waals surface area (Å²) in [6.07, 6.45) is -0.403.